The molecule has 4 aromatic heterocycles. The molecule has 0 atom stereocenters. The van der Waals surface area contributed by atoms with Crippen LogP contribution in [0.25, 0.3) is 110 Å². The van der Waals surface area contributed by atoms with Crippen molar-refractivity contribution in [1.82, 2.24) is 19.9 Å². The van der Waals surface area contributed by atoms with Gasteiger partial charge in [0.05, 0.1) is 16.8 Å². The summed E-state index contributed by atoms with van der Waals surface area (Å²) in [5, 5.41) is 4.11. The Balaban J connectivity index is 1.05. The number of thiophene rings is 1. The van der Waals surface area contributed by atoms with Crippen LogP contribution in [0.3, 0.4) is 0 Å². The lowest BCUT2D eigenvalue weighted by atomic mass is 10.0. The lowest BCUT2D eigenvalue weighted by Gasteiger charge is -2.10. The van der Waals surface area contributed by atoms with Gasteiger partial charge in [0.15, 0.2) is 11.6 Å². The van der Waals surface area contributed by atoms with Gasteiger partial charge in [0.1, 0.15) is 10.4 Å². The van der Waals surface area contributed by atoms with Gasteiger partial charge in [-0.05, 0) is 40.5 Å². The summed E-state index contributed by atoms with van der Waals surface area (Å²) < 4.78 is 7.57. The van der Waals surface area contributed by atoms with Crippen molar-refractivity contribution >= 4 is 53.7 Å². The largest absolute Gasteiger partial charge is 0.438 e. The molecule has 4 heterocycles. The van der Waals surface area contributed by atoms with Gasteiger partial charge in [0, 0.05) is 43.1 Å². The minimum atomic E-state index is 0.549. The van der Waals surface area contributed by atoms with Crippen molar-refractivity contribution in [3.05, 3.63) is 182 Å². The molecule has 0 unspecified atom stereocenters. The SMILES string of the molecule is c1ccc(-c2ccc(-c3nc(-c4cccc(-c5nc(-c6ccc(-c7ccccc7)cc6)c6c(n5)sc5ccccc56)c4)nc4oc5ccccc5c34)cc2)cc1. The van der Waals surface area contributed by atoms with Crippen LogP contribution in [-0.2, 0) is 0 Å². The molecule has 0 saturated heterocycles. The Hall–Kier alpha value is -7.28. The maximum absolute atomic E-state index is 6.39. The van der Waals surface area contributed by atoms with E-state index in [0.717, 1.165) is 76.7 Å². The molecule has 0 bridgehead atoms. The highest BCUT2D eigenvalue weighted by Crippen LogP contribution is 2.41. The van der Waals surface area contributed by atoms with Crippen molar-refractivity contribution < 1.29 is 4.42 Å². The van der Waals surface area contributed by atoms with Gasteiger partial charge < -0.3 is 4.42 Å². The molecule has 0 aliphatic heterocycles. The molecule has 56 heavy (non-hydrogen) atoms. The van der Waals surface area contributed by atoms with Crippen LogP contribution < -0.4 is 0 Å². The van der Waals surface area contributed by atoms with Crippen LogP contribution in [0.1, 0.15) is 0 Å². The molecular formula is C50H30N4OS. The van der Waals surface area contributed by atoms with Crippen molar-refractivity contribution in [2.24, 2.45) is 0 Å². The summed E-state index contributed by atoms with van der Waals surface area (Å²) in [4.78, 5) is 21.8. The molecule has 11 rings (SSSR count). The number of fused-ring (bicyclic) bond motifs is 6. The molecular weight excluding hydrogens is 705 g/mol. The molecule has 11 aromatic rings. The van der Waals surface area contributed by atoms with Gasteiger partial charge in [-0.1, -0.05) is 164 Å². The lowest BCUT2D eigenvalue weighted by molar-refractivity contribution is 0.653. The van der Waals surface area contributed by atoms with E-state index in [1.807, 2.05) is 42.5 Å². The number of aromatic nitrogens is 4. The van der Waals surface area contributed by atoms with Crippen molar-refractivity contribution in [3.8, 4) is 67.5 Å². The number of furan rings is 1. The van der Waals surface area contributed by atoms with E-state index in [2.05, 4.69) is 140 Å². The van der Waals surface area contributed by atoms with Gasteiger partial charge in [-0.2, -0.15) is 4.98 Å². The highest BCUT2D eigenvalue weighted by molar-refractivity contribution is 7.25. The predicted octanol–water partition coefficient (Wildman–Crippen LogP) is 13.5. The van der Waals surface area contributed by atoms with Crippen LogP contribution in [0.4, 0.5) is 0 Å². The van der Waals surface area contributed by atoms with E-state index in [1.165, 1.54) is 15.8 Å². The number of rotatable bonds is 6. The van der Waals surface area contributed by atoms with Gasteiger partial charge in [0.25, 0.3) is 0 Å². The zero-order valence-electron chi connectivity index (χ0n) is 29.9. The van der Waals surface area contributed by atoms with Crippen LogP contribution >= 0.6 is 11.3 Å². The first kappa shape index (κ1) is 32.2. The Morgan fingerprint density at radius 2 is 0.839 bits per heavy atom. The molecule has 0 radical (unpaired) electrons. The van der Waals surface area contributed by atoms with Crippen LogP contribution in [0.5, 0.6) is 0 Å². The normalized spacial score (nSPS) is 11.6. The Labute approximate surface area is 326 Å². The molecule has 7 aromatic carbocycles. The summed E-state index contributed by atoms with van der Waals surface area (Å²) in [5.74, 6) is 1.22. The second-order valence-corrected chi connectivity index (χ2v) is 14.8. The fourth-order valence-corrected chi connectivity index (χ4v) is 8.70. The number of hydrogen-bond acceptors (Lipinski definition) is 6. The molecule has 0 saturated carbocycles. The smallest absolute Gasteiger partial charge is 0.231 e. The van der Waals surface area contributed by atoms with E-state index in [4.69, 9.17) is 24.4 Å². The van der Waals surface area contributed by atoms with Crippen LogP contribution in [0, 0.1) is 0 Å². The Kier molecular flexibility index (Phi) is 7.60. The second kappa shape index (κ2) is 13.2. The summed E-state index contributed by atoms with van der Waals surface area (Å²) in [6.07, 6.45) is 0. The average Bonchev–Trinajstić information content (AvgIpc) is 3.85. The molecule has 6 heteroatoms. The highest BCUT2D eigenvalue weighted by atomic mass is 32.1. The predicted molar refractivity (Wildman–Crippen MR) is 230 cm³/mol. The van der Waals surface area contributed by atoms with Crippen LogP contribution in [-0.4, -0.2) is 19.9 Å². The maximum Gasteiger partial charge on any atom is 0.231 e. The third kappa shape index (κ3) is 5.54. The molecule has 0 aliphatic carbocycles. The van der Waals surface area contributed by atoms with Gasteiger partial charge >= 0.3 is 0 Å². The van der Waals surface area contributed by atoms with E-state index < -0.39 is 0 Å². The summed E-state index contributed by atoms with van der Waals surface area (Å²) >= 11 is 1.69. The first-order valence-corrected chi connectivity index (χ1v) is 19.4. The highest BCUT2D eigenvalue weighted by Gasteiger charge is 2.20. The van der Waals surface area contributed by atoms with Crippen molar-refractivity contribution in [1.29, 1.82) is 0 Å². The maximum atomic E-state index is 6.39. The standard InChI is InChI=1S/C50H30N4OS/c1-3-12-31(13-4-1)33-22-26-35(27-23-33)45-43-39-18-7-9-20-41(39)55-49(43)53-47(51-45)37-16-11-17-38(30-37)48-52-46(44-40-19-8-10-21-42(40)56-50(44)54-48)36-28-24-34(25-29-36)32-14-5-2-6-15-32/h1-30H. The molecule has 5 nitrogen and oxygen atoms in total. The van der Waals surface area contributed by atoms with Crippen LogP contribution in [0.15, 0.2) is 186 Å². The molecule has 0 amide bonds. The topological polar surface area (TPSA) is 64.7 Å². The summed E-state index contributed by atoms with van der Waals surface area (Å²) in [5.41, 5.74) is 11.5. The summed E-state index contributed by atoms with van der Waals surface area (Å²) in [6, 6.07) is 62.8. The molecule has 0 N–H and O–H groups in total. The Bertz CT molecular complexity index is 3010. The second-order valence-electron chi connectivity index (χ2n) is 13.8. The molecule has 0 spiro atoms. The fourth-order valence-electron chi connectivity index (χ4n) is 7.62. The van der Waals surface area contributed by atoms with E-state index in [1.54, 1.807) is 11.3 Å². The molecule has 262 valence electrons. The lowest BCUT2D eigenvalue weighted by Crippen LogP contribution is -1.96. The number of nitrogens with zero attached hydrogens (tertiary/aromatic N) is 4. The van der Waals surface area contributed by atoms with E-state index >= 15 is 0 Å². The molecule has 0 fully saturated rings. The summed E-state index contributed by atoms with van der Waals surface area (Å²) in [6.45, 7) is 0. The number of benzene rings is 7. The minimum Gasteiger partial charge on any atom is -0.438 e. The van der Waals surface area contributed by atoms with Crippen molar-refractivity contribution in [2.75, 3.05) is 0 Å². The quantitative estimate of drug-likeness (QED) is 0.170. The molecule has 0 aliphatic rings. The Morgan fingerprint density at radius 3 is 1.48 bits per heavy atom. The first-order valence-electron chi connectivity index (χ1n) is 18.5. The van der Waals surface area contributed by atoms with E-state index in [9.17, 15) is 0 Å². The van der Waals surface area contributed by atoms with E-state index in [-0.39, 0.29) is 0 Å². The van der Waals surface area contributed by atoms with E-state index in [0.29, 0.717) is 17.4 Å². The number of para-hydroxylation sites is 1. The third-order valence-corrected chi connectivity index (χ3v) is 11.5. The van der Waals surface area contributed by atoms with Gasteiger partial charge in [-0.25, -0.2) is 15.0 Å². The zero-order chi connectivity index (χ0) is 37.0. The van der Waals surface area contributed by atoms with Crippen molar-refractivity contribution in [3.63, 3.8) is 0 Å². The minimum absolute atomic E-state index is 0.549. The van der Waals surface area contributed by atoms with Crippen molar-refractivity contribution in [2.45, 2.75) is 0 Å². The van der Waals surface area contributed by atoms with Gasteiger partial charge in [-0.15, -0.1) is 11.3 Å². The monoisotopic (exact) mass is 734 g/mol. The fraction of sp³-hybridized carbons (Fsp3) is 0. The zero-order valence-corrected chi connectivity index (χ0v) is 30.7. The third-order valence-electron chi connectivity index (χ3n) is 10.4. The Morgan fingerprint density at radius 1 is 0.357 bits per heavy atom. The first-order chi connectivity index (χ1) is 27.7. The van der Waals surface area contributed by atoms with Gasteiger partial charge in [0.2, 0.25) is 5.71 Å². The van der Waals surface area contributed by atoms with Gasteiger partial charge in [-0.3, -0.25) is 0 Å². The average molecular weight is 735 g/mol. The summed E-state index contributed by atoms with van der Waals surface area (Å²) in [7, 11) is 0. The van der Waals surface area contributed by atoms with Crippen LogP contribution in [0.2, 0.25) is 0 Å². The number of hydrogen-bond donors (Lipinski definition) is 0.